The van der Waals surface area contributed by atoms with Gasteiger partial charge in [0.2, 0.25) is 5.88 Å². The van der Waals surface area contributed by atoms with Crippen molar-refractivity contribution in [2.45, 2.75) is 4.90 Å². The number of pyridine rings is 3. The van der Waals surface area contributed by atoms with Gasteiger partial charge >= 0.3 is 0 Å². The third-order valence-corrected chi connectivity index (χ3v) is 5.52. The van der Waals surface area contributed by atoms with Crippen LogP contribution in [0.5, 0.6) is 5.88 Å². The second kappa shape index (κ2) is 8.04. The lowest BCUT2D eigenvalue weighted by Crippen LogP contribution is -1.96. The highest BCUT2D eigenvalue weighted by atomic mass is 79.9. The molecule has 0 aliphatic carbocycles. The molecule has 4 aromatic rings. The predicted octanol–water partition coefficient (Wildman–Crippen LogP) is 5.16. The van der Waals surface area contributed by atoms with Gasteiger partial charge < -0.3 is 15.2 Å². The summed E-state index contributed by atoms with van der Waals surface area (Å²) in [4.78, 5) is 13.9. The van der Waals surface area contributed by atoms with Crippen LogP contribution < -0.4 is 15.2 Å². The molecular formula is C20H16BrN5OS. The van der Waals surface area contributed by atoms with Gasteiger partial charge in [-0.05, 0) is 69.8 Å². The zero-order valence-corrected chi connectivity index (χ0v) is 17.3. The first-order chi connectivity index (χ1) is 13.6. The number of rotatable bonds is 5. The summed E-state index contributed by atoms with van der Waals surface area (Å²) in [6.45, 7) is 0. The molecule has 0 amide bonds. The van der Waals surface area contributed by atoms with E-state index in [1.54, 1.807) is 25.7 Å². The maximum Gasteiger partial charge on any atom is 0.237 e. The van der Waals surface area contributed by atoms with Crippen LogP contribution in [-0.2, 0) is 0 Å². The molecule has 0 unspecified atom stereocenters. The van der Waals surface area contributed by atoms with Crippen LogP contribution in [0.3, 0.4) is 0 Å². The minimum atomic E-state index is 0.477. The monoisotopic (exact) mass is 453 g/mol. The Morgan fingerprint density at radius 2 is 2.00 bits per heavy atom. The molecule has 3 heterocycles. The second-order valence-electron chi connectivity index (χ2n) is 5.94. The van der Waals surface area contributed by atoms with Gasteiger partial charge in [0.15, 0.2) is 0 Å². The molecule has 0 atom stereocenters. The number of anilines is 2. The maximum atomic E-state index is 5.87. The zero-order chi connectivity index (χ0) is 19.5. The fraction of sp³-hybridized carbons (Fsp3) is 0.0500. The number of hydrogen-bond donors (Lipinski definition) is 2. The Kier molecular flexibility index (Phi) is 5.31. The van der Waals surface area contributed by atoms with Crippen molar-refractivity contribution in [1.82, 2.24) is 15.0 Å². The summed E-state index contributed by atoms with van der Waals surface area (Å²) in [5.41, 5.74) is 9.48. The highest BCUT2D eigenvalue weighted by molar-refractivity contribution is 9.10. The van der Waals surface area contributed by atoms with E-state index in [-0.39, 0.29) is 0 Å². The molecule has 0 aliphatic heterocycles. The van der Waals surface area contributed by atoms with Crippen molar-refractivity contribution in [2.75, 3.05) is 17.6 Å². The van der Waals surface area contributed by atoms with Crippen molar-refractivity contribution in [3.8, 4) is 17.0 Å². The van der Waals surface area contributed by atoms with Gasteiger partial charge in [-0.15, -0.1) is 0 Å². The molecule has 1 aromatic carbocycles. The summed E-state index contributed by atoms with van der Waals surface area (Å²) < 4.78 is 9.47. The number of ether oxygens (including phenoxy) is 1. The minimum absolute atomic E-state index is 0.477. The fourth-order valence-electron chi connectivity index (χ4n) is 2.71. The Bertz CT molecular complexity index is 1140. The lowest BCUT2D eigenvalue weighted by Gasteiger charge is -2.12. The number of halogens is 1. The average Bonchev–Trinajstić information content (AvgIpc) is 2.73. The molecule has 3 N–H and O–H groups in total. The van der Waals surface area contributed by atoms with Crippen molar-refractivity contribution in [2.24, 2.45) is 0 Å². The summed E-state index contributed by atoms with van der Waals surface area (Å²) in [7, 11) is 1.60. The standard InChI is InChI=1S/C20H16BrN5OS/c1-27-20-18(26-28-15-3-2-6-23-11-15)9-14(10-24-20)12-4-5-17-13(7-12)8-16(21)19(22)25-17/h2-11,26H,1H3,(H2,22,25). The normalized spacial score (nSPS) is 10.8. The van der Waals surface area contributed by atoms with Gasteiger partial charge in [0.05, 0.1) is 17.1 Å². The number of hydrogen-bond acceptors (Lipinski definition) is 7. The third kappa shape index (κ3) is 3.88. The Labute approximate surface area is 174 Å². The van der Waals surface area contributed by atoms with E-state index >= 15 is 0 Å². The minimum Gasteiger partial charge on any atom is -0.480 e. The molecule has 0 saturated carbocycles. The molecular weight excluding hydrogens is 438 g/mol. The number of nitrogens with zero attached hydrogens (tertiary/aromatic N) is 3. The number of nitrogen functional groups attached to an aromatic ring is 1. The molecule has 0 bridgehead atoms. The molecule has 3 aromatic heterocycles. The highest BCUT2D eigenvalue weighted by Crippen LogP contribution is 2.33. The van der Waals surface area contributed by atoms with Crippen molar-refractivity contribution in [1.29, 1.82) is 0 Å². The van der Waals surface area contributed by atoms with Gasteiger partial charge in [0.1, 0.15) is 11.5 Å². The van der Waals surface area contributed by atoms with Gasteiger partial charge in [-0.1, -0.05) is 6.07 Å². The molecule has 6 nitrogen and oxygen atoms in total. The van der Waals surface area contributed by atoms with Crippen LogP contribution >= 0.6 is 27.9 Å². The number of methoxy groups -OCH3 is 1. The van der Waals surface area contributed by atoms with E-state index < -0.39 is 0 Å². The van der Waals surface area contributed by atoms with E-state index in [2.05, 4.69) is 41.7 Å². The molecule has 0 aliphatic rings. The Morgan fingerprint density at radius 3 is 2.79 bits per heavy atom. The predicted molar refractivity (Wildman–Crippen MR) is 117 cm³/mol. The van der Waals surface area contributed by atoms with Crippen LogP contribution in [0.4, 0.5) is 11.5 Å². The van der Waals surface area contributed by atoms with E-state index in [0.29, 0.717) is 11.7 Å². The molecule has 140 valence electrons. The van der Waals surface area contributed by atoms with Gasteiger partial charge in [-0.3, -0.25) is 4.98 Å². The molecule has 28 heavy (non-hydrogen) atoms. The summed E-state index contributed by atoms with van der Waals surface area (Å²) in [5, 5.41) is 0.994. The summed E-state index contributed by atoms with van der Waals surface area (Å²) in [5.74, 6) is 1.00. The number of benzene rings is 1. The van der Waals surface area contributed by atoms with E-state index in [4.69, 9.17) is 10.5 Å². The number of fused-ring (bicyclic) bond motifs is 1. The Morgan fingerprint density at radius 1 is 1.11 bits per heavy atom. The van der Waals surface area contributed by atoms with Crippen molar-refractivity contribution >= 4 is 50.3 Å². The van der Waals surface area contributed by atoms with Crippen LogP contribution in [0.15, 0.2) is 70.4 Å². The van der Waals surface area contributed by atoms with E-state index in [1.807, 2.05) is 36.4 Å². The topological polar surface area (TPSA) is 86.0 Å². The van der Waals surface area contributed by atoms with Crippen molar-refractivity contribution in [3.05, 3.63) is 65.5 Å². The quantitative estimate of drug-likeness (QED) is 0.403. The van der Waals surface area contributed by atoms with E-state index in [9.17, 15) is 0 Å². The van der Waals surface area contributed by atoms with Crippen LogP contribution in [-0.4, -0.2) is 22.1 Å². The van der Waals surface area contributed by atoms with Crippen molar-refractivity contribution in [3.63, 3.8) is 0 Å². The van der Waals surface area contributed by atoms with Crippen LogP contribution in [0, 0.1) is 0 Å². The van der Waals surface area contributed by atoms with E-state index in [1.165, 1.54) is 11.9 Å². The first-order valence-electron chi connectivity index (χ1n) is 8.37. The second-order valence-corrected chi connectivity index (χ2v) is 7.67. The molecule has 8 heteroatoms. The Balaban J connectivity index is 1.68. The fourth-order valence-corrected chi connectivity index (χ4v) is 3.68. The summed E-state index contributed by atoms with van der Waals surface area (Å²) in [6, 6.07) is 13.9. The van der Waals surface area contributed by atoms with Gasteiger partial charge in [-0.25, -0.2) is 9.97 Å². The number of nitrogens with two attached hydrogens (primary N) is 1. The SMILES string of the molecule is COc1ncc(-c2ccc3nc(N)c(Br)cc3c2)cc1NSc1cccnc1. The highest BCUT2D eigenvalue weighted by Gasteiger charge is 2.10. The first kappa shape index (κ1) is 18.5. The molecule has 4 rings (SSSR count). The summed E-state index contributed by atoms with van der Waals surface area (Å²) >= 11 is 4.89. The number of aromatic nitrogens is 3. The lowest BCUT2D eigenvalue weighted by atomic mass is 10.0. The van der Waals surface area contributed by atoms with Crippen LogP contribution in [0.25, 0.3) is 22.0 Å². The third-order valence-electron chi connectivity index (χ3n) is 4.09. The summed E-state index contributed by atoms with van der Waals surface area (Å²) in [6.07, 6.45) is 5.33. The molecule has 0 fully saturated rings. The number of nitrogens with one attached hydrogen (secondary N) is 1. The first-order valence-corrected chi connectivity index (χ1v) is 9.98. The van der Waals surface area contributed by atoms with Crippen molar-refractivity contribution < 1.29 is 4.74 Å². The lowest BCUT2D eigenvalue weighted by molar-refractivity contribution is 0.400. The zero-order valence-electron chi connectivity index (χ0n) is 14.9. The average molecular weight is 454 g/mol. The van der Waals surface area contributed by atoms with E-state index in [0.717, 1.165) is 37.1 Å². The van der Waals surface area contributed by atoms with Gasteiger partial charge in [0.25, 0.3) is 0 Å². The Hall–Kier alpha value is -2.84. The van der Waals surface area contributed by atoms with Crippen LogP contribution in [0.1, 0.15) is 0 Å². The van der Waals surface area contributed by atoms with Gasteiger partial charge in [-0.2, -0.15) is 0 Å². The smallest absolute Gasteiger partial charge is 0.237 e. The van der Waals surface area contributed by atoms with Gasteiger partial charge in [0, 0.05) is 34.4 Å². The molecule has 0 saturated heterocycles. The largest absolute Gasteiger partial charge is 0.480 e. The van der Waals surface area contributed by atoms with Crippen LogP contribution in [0.2, 0.25) is 0 Å². The maximum absolute atomic E-state index is 5.87. The molecule has 0 radical (unpaired) electrons. The molecule has 0 spiro atoms.